The highest BCUT2D eigenvalue weighted by molar-refractivity contribution is 5.86. The summed E-state index contributed by atoms with van der Waals surface area (Å²) in [7, 11) is 0. The van der Waals surface area contributed by atoms with E-state index in [2.05, 4.69) is 10.6 Å². The van der Waals surface area contributed by atoms with Crippen molar-refractivity contribution in [1.29, 1.82) is 0 Å². The number of nitrogens with one attached hydrogen (secondary N) is 2. The number of primary amides is 1. The van der Waals surface area contributed by atoms with Crippen LogP contribution < -0.4 is 21.1 Å². The highest BCUT2D eigenvalue weighted by Gasteiger charge is 2.22. The molecule has 6 heteroatoms. The lowest BCUT2D eigenvalue weighted by Gasteiger charge is -2.20. The van der Waals surface area contributed by atoms with Crippen LogP contribution >= 0.6 is 0 Å². The predicted octanol–water partition coefficient (Wildman–Crippen LogP) is 1.57. The number of aryl methyl sites for hydroxylation is 1. The van der Waals surface area contributed by atoms with Crippen LogP contribution in [0.5, 0.6) is 5.75 Å². The largest absolute Gasteiger partial charge is 0.494 e. The highest BCUT2D eigenvalue weighted by Crippen LogP contribution is 2.12. The maximum atomic E-state index is 12.0. The smallest absolute Gasteiger partial charge is 0.312 e. The number of hydrogen-bond acceptors (Lipinski definition) is 3. The zero-order valence-corrected chi connectivity index (χ0v) is 13.4. The van der Waals surface area contributed by atoms with Gasteiger partial charge in [-0.15, -0.1) is 0 Å². The third kappa shape index (κ3) is 6.47. The van der Waals surface area contributed by atoms with Crippen LogP contribution in [0.15, 0.2) is 24.3 Å². The minimum Gasteiger partial charge on any atom is -0.494 e. The van der Waals surface area contributed by atoms with Crippen molar-refractivity contribution in [3.63, 3.8) is 0 Å². The SMILES string of the molecule is Cc1cccc(OCCCNC(=O)[C@@H](NC(N)=O)C(C)C)c1. The molecular weight excluding hydrogens is 282 g/mol. The number of nitrogens with two attached hydrogens (primary N) is 1. The molecule has 0 spiro atoms. The predicted molar refractivity (Wildman–Crippen MR) is 85.6 cm³/mol. The molecular formula is C16H25N3O3. The summed E-state index contributed by atoms with van der Waals surface area (Å²) in [6, 6.07) is 6.49. The molecule has 1 aromatic carbocycles. The van der Waals surface area contributed by atoms with Crippen LogP contribution in [0, 0.1) is 12.8 Å². The van der Waals surface area contributed by atoms with E-state index < -0.39 is 12.1 Å². The fraction of sp³-hybridized carbons (Fsp3) is 0.500. The van der Waals surface area contributed by atoms with Gasteiger partial charge >= 0.3 is 6.03 Å². The van der Waals surface area contributed by atoms with Crippen molar-refractivity contribution in [1.82, 2.24) is 10.6 Å². The number of amides is 3. The topological polar surface area (TPSA) is 93.4 Å². The monoisotopic (exact) mass is 307 g/mol. The molecule has 0 saturated heterocycles. The van der Waals surface area contributed by atoms with Crippen molar-refractivity contribution in [2.45, 2.75) is 33.2 Å². The molecule has 0 unspecified atom stereocenters. The van der Waals surface area contributed by atoms with Crippen molar-refractivity contribution in [2.75, 3.05) is 13.2 Å². The number of rotatable bonds is 8. The first kappa shape index (κ1) is 17.8. The molecule has 1 rings (SSSR count). The Balaban J connectivity index is 2.28. The highest BCUT2D eigenvalue weighted by atomic mass is 16.5. The number of ether oxygens (including phenoxy) is 1. The summed E-state index contributed by atoms with van der Waals surface area (Å²) in [6.45, 7) is 6.70. The van der Waals surface area contributed by atoms with Crippen LogP contribution in [0.2, 0.25) is 0 Å². The van der Waals surface area contributed by atoms with E-state index >= 15 is 0 Å². The van der Waals surface area contributed by atoms with Gasteiger partial charge in [-0.05, 0) is 37.0 Å². The number of hydrogen-bond donors (Lipinski definition) is 3. The minimum atomic E-state index is -0.698. The van der Waals surface area contributed by atoms with Gasteiger partial charge in [-0.2, -0.15) is 0 Å². The van der Waals surface area contributed by atoms with E-state index in [4.69, 9.17) is 10.5 Å². The summed E-state index contributed by atoms with van der Waals surface area (Å²) in [4.78, 5) is 22.9. The van der Waals surface area contributed by atoms with E-state index in [1.807, 2.05) is 45.0 Å². The second-order valence-corrected chi connectivity index (χ2v) is 5.54. The lowest BCUT2D eigenvalue weighted by Crippen LogP contribution is -2.51. The average molecular weight is 307 g/mol. The summed E-state index contributed by atoms with van der Waals surface area (Å²) >= 11 is 0. The van der Waals surface area contributed by atoms with Gasteiger partial charge in [0, 0.05) is 6.54 Å². The van der Waals surface area contributed by atoms with Gasteiger partial charge in [-0.25, -0.2) is 4.79 Å². The molecule has 0 heterocycles. The van der Waals surface area contributed by atoms with Crippen molar-refractivity contribution in [2.24, 2.45) is 11.7 Å². The van der Waals surface area contributed by atoms with Crippen molar-refractivity contribution < 1.29 is 14.3 Å². The standard InChI is InChI=1S/C16H25N3O3/c1-11(2)14(19-16(17)21)15(20)18-8-5-9-22-13-7-4-6-12(3)10-13/h4,6-7,10-11,14H,5,8-9H2,1-3H3,(H,18,20)(H3,17,19,21)/t14-/m0/s1. The van der Waals surface area contributed by atoms with Gasteiger partial charge in [-0.3, -0.25) is 4.79 Å². The van der Waals surface area contributed by atoms with E-state index in [0.29, 0.717) is 19.6 Å². The molecule has 0 bridgehead atoms. The lowest BCUT2D eigenvalue weighted by molar-refractivity contribution is -0.123. The van der Waals surface area contributed by atoms with Crippen LogP contribution in [0.1, 0.15) is 25.8 Å². The Kier molecular flexibility index (Phi) is 7.22. The second-order valence-electron chi connectivity index (χ2n) is 5.54. The summed E-state index contributed by atoms with van der Waals surface area (Å²) < 4.78 is 5.60. The minimum absolute atomic E-state index is 0.0314. The molecule has 0 aliphatic rings. The molecule has 122 valence electrons. The first-order valence-electron chi connectivity index (χ1n) is 7.43. The van der Waals surface area contributed by atoms with E-state index in [1.54, 1.807) is 0 Å². The first-order chi connectivity index (χ1) is 10.4. The third-order valence-corrected chi connectivity index (χ3v) is 3.13. The fourth-order valence-corrected chi connectivity index (χ4v) is 1.98. The molecule has 0 aromatic heterocycles. The maximum absolute atomic E-state index is 12.0. The van der Waals surface area contributed by atoms with Crippen LogP contribution in [0.3, 0.4) is 0 Å². The van der Waals surface area contributed by atoms with Crippen molar-refractivity contribution in [3.8, 4) is 5.75 Å². The molecule has 22 heavy (non-hydrogen) atoms. The van der Waals surface area contributed by atoms with Gasteiger partial charge in [0.25, 0.3) is 0 Å². The van der Waals surface area contributed by atoms with Gasteiger partial charge in [0.1, 0.15) is 11.8 Å². The summed E-state index contributed by atoms with van der Waals surface area (Å²) in [5.41, 5.74) is 6.21. The Morgan fingerprint density at radius 3 is 2.64 bits per heavy atom. The van der Waals surface area contributed by atoms with Crippen LogP contribution in [0.25, 0.3) is 0 Å². The van der Waals surface area contributed by atoms with Gasteiger partial charge in [0.2, 0.25) is 5.91 Å². The Bertz CT molecular complexity index is 503. The Morgan fingerprint density at radius 2 is 2.05 bits per heavy atom. The normalized spacial score (nSPS) is 11.8. The number of urea groups is 1. The Labute approximate surface area is 131 Å². The molecule has 1 aromatic rings. The number of carbonyl (C=O) groups excluding carboxylic acids is 2. The van der Waals surface area contributed by atoms with Gasteiger partial charge < -0.3 is 21.1 Å². The average Bonchev–Trinajstić information content (AvgIpc) is 2.43. The van der Waals surface area contributed by atoms with E-state index in [0.717, 1.165) is 11.3 Å². The maximum Gasteiger partial charge on any atom is 0.312 e. The van der Waals surface area contributed by atoms with E-state index in [-0.39, 0.29) is 11.8 Å². The summed E-state index contributed by atoms with van der Waals surface area (Å²) in [5.74, 6) is 0.558. The zero-order valence-electron chi connectivity index (χ0n) is 13.4. The molecule has 0 saturated carbocycles. The van der Waals surface area contributed by atoms with Crippen molar-refractivity contribution >= 4 is 11.9 Å². The molecule has 1 atom stereocenters. The molecule has 0 aliphatic heterocycles. The van der Waals surface area contributed by atoms with Crippen LogP contribution in [-0.2, 0) is 4.79 Å². The zero-order chi connectivity index (χ0) is 16.5. The third-order valence-electron chi connectivity index (χ3n) is 3.13. The summed E-state index contributed by atoms with van der Waals surface area (Å²) in [5, 5.41) is 5.23. The number of benzene rings is 1. The van der Waals surface area contributed by atoms with Gasteiger partial charge in [-0.1, -0.05) is 26.0 Å². The molecule has 0 aliphatic carbocycles. The van der Waals surface area contributed by atoms with Crippen LogP contribution in [-0.4, -0.2) is 31.1 Å². The lowest BCUT2D eigenvalue weighted by atomic mass is 10.0. The van der Waals surface area contributed by atoms with Crippen molar-refractivity contribution in [3.05, 3.63) is 29.8 Å². The summed E-state index contributed by atoms with van der Waals surface area (Å²) in [6.07, 6.45) is 0.682. The van der Waals surface area contributed by atoms with Gasteiger partial charge in [0.15, 0.2) is 0 Å². The van der Waals surface area contributed by atoms with E-state index in [9.17, 15) is 9.59 Å². The molecule has 6 nitrogen and oxygen atoms in total. The Hall–Kier alpha value is -2.24. The molecule has 4 N–H and O–H groups in total. The first-order valence-corrected chi connectivity index (χ1v) is 7.43. The number of carbonyl (C=O) groups is 2. The Morgan fingerprint density at radius 1 is 1.32 bits per heavy atom. The second kappa shape index (κ2) is 8.92. The molecule has 3 amide bonds. The quantitative estimate of drug-likeness (QED) is 0.636. The fourth-order valence-electron chi connectivity index (χ4n) is 1.98. The van der Waals surface area contributed by atoms with Crippen LogP contribution in [0.4, 0.5) is 4.79 Å². The van der Waals surface area contributed by atoms with Gasteiger partial charge in [0.05, 0.1) is 6.61 Å². The molecule has 0 radical (unpaired) electrons. The molecule has 0 fully saturated rings. The van der Waals surface area contributed by atoms with E-state index in [1.165, 1.54) is 0 Å².